The fourth-order valence-corrected chi connectivity index (χ4v) is 5.42. The number of hydrogen-bond donors (Lipinski definition) is 0. The van der Waals surface area contributed by atoms with Crippen molar-refractivity contribution >= 4 is 19.9 Å². The molecule has 194 valence electrons. The SMILES string of the molecule is CC(C)(C)[Si](C)(C)OCCn1cc(C(=O)N2CCN(c3cccc(C#N)c3)CC2)c(-c2ccccc2)c1. The van der Waals surface area contributed by atoms with E-state index < -0.39 is 8.32 Å². The lowest BCUT2D eigenvalue weighted by Gasteiger charge is -2.36. The molecule has 1 aliphatic heterocycles. The summed E-state index contributed by atoms with van der Waals surface area (Å²) in [6.07, 6.45) is 4.07. The van der Waals surface area contributed by atoms with E-state index in [1.54, 1.807) is 0 Å². The van der Waals surface area contributed by atoms with Crippen LogP contribution in [0, 0.1) is 11.3 Å². The summed E-state index contributed by atoms with van der Waals surface area (Å²) in [6.45, 7) is 15.4. The van der Waals surface area contributed by atoms with Gasteiger partial charge in [0.25, 0.3) is 5.91 Å². The predicted molar refractivity (Wildman–Crippen MR) is 152 cm³/mol. The van der Waals surface area contributed by atoms with Crippen molar-refractivity contribution in [2.75, 3.05) is 37.7 Å². The molecule has 1 aromatic heterocycles. The van der Waals surface area contributed by atoms with Crippen molar-refractivity contribution in [1.82, 2.24) is 9.47 Å². The van der Waals surface area contributed by atoms with Gasteiger partial charge in [-0.1, -0.05) is 57.2 Å². The van der Waals surface area contributed by atoms with Crippen molar-refractivity contribution in [3.63, 3.8) is 0 Å². The van der Waals surface area contributed by atoms with E-state index >= 15 is 0 Å². The molecule has 0 unspecified atom stereocenters. The lowest BCUT2D eigenvalue weighted by molar-refractivity contribution is 0.0747. The largest absolute Gasteiger partial charge is 0.415 e. The highest BCUT2D eigenvalue weighted by Crippen LogP contribution is 2.36. The smallest absolute Gasteiger partial charge is 0.256 e. The molecule has 0 N–H and O–H groups in total. The summed E-state index contributed by atoms with van der Waals surface area (Å²) in [5.74, 6) is 0.0633. The third kappa shape index (κ3) is 6.15. The van der Waals surface area contributed by atoms with Crippen molar-refractivity contribution in [2.45, 2.75) is 45.4 Å². The van der Waals surface area contributed by atoms with E-state index in [1.807, 2.05) is 53.6 Å². The molecule has 0 radical (unpaired) electrons. The average Bonchev–Trinajstić information content (AvgIpc) is 3.32. The summed E-state index contributed by atoms with van der Waals surface area (Å²) in [5, 5.41) is 9.39. The Labute approximate surface area is 222 Å². The summed E-state index contributed by atoms with van der Waals surface area (Å²) in [4.78, 5) is 17.9. The van der Waals surface area contributed by atoms with Gasteiger partial charge in [0.2, 0.25) is 0 Å². The van der Waals surface area contributed by atoms with Crippen LogP contribution in [0.3, 0.4) is 0 Å². The van der Waals surface area contributed by atoms with Gasteiger partial charge in [-0.25, -0.2) is 0 Å². The van der Waals surface area contributed by atoms with Crippen molar-refractivity contribution in [1.29, 1.82) is 5.26 Å². The third-order valence-corrected chi connectivity index (χ3v) is 12.3. The molecule has 0 saturated carbocycles. The van der Waals surface area contributed by atoms with Gasteiger partial charge < -0.3 is 18.8 Å². The van der Waals surface area contributed by atoms with Crippen LogP contribution in [0.5, 0.6) is 0 Å². The Kier molecular flexibility index (Phi) is 7.91. The van der Waals surface area contributed by atoms with Gasteiger partial charge in [-0.2, -0.15) is 5.26 Å². The summed E-state index contributed by atoms with van der Waals surface area (Å²) in [7, 11) is -1.83. The Morgan fingerprint density at radius 1 is 1.00 bits per heavy atom. The first-order chi connectivity index (χ1) is 17.6. The van der Waals surface area contributed by atoms with E-state index in [0.29, 0.717) is 31.8 Å². The molecule has 1 fully saturated rings. The number of carbonyl (C=O) groups excluding carboxylic acids is 1. The first-order valence-corrected chi connectivity index (χ1v) is 15.9. The highest BCUT2D eigenvalue weighted by molar-refractivity contribution is 6.74. The quantitative estimate of drug-likeness (QED) is 0.362. The minimum Gasteiger partial charge on any atom is -0.415 e. The lowest BCUT2D eigenvalue weighted by atomic mass is 10.0. The van der Waals surface area contributed by atoms with Gasteiger partial charge in [-0.15, -0.1) is 0 Å². The van der Waals surface area contributed by atoms with Gasteiger partial charge >= 0.3 is 0 Å². The second kappa shape index (κ2) is 11.0. The summed E-state index contributed by atoms with van der Waals surface area (Å²) in [6, 6.07) is 20.0. The van der Waals surface area contributed by atoms with Gasteiger partial charge in [0, 0.05) is 56.4 Å². The van der Waals surface area contributed by atoms with Crippen LogP contribution in [0.25, 0.3) is 11.1 Å². The number of benzene rings is 2. The average molecular weight is 515 g/mol. The molecule has 1 amide bonds. The van der Waals surface area contributed by atoms with E-state index in [4.69, 9.17) is 4.43 Å². The second-order valence-corrected chi connectivity index (χ2v) is 16.0. The second-order valence-electron chi connectivity index (χ2n) is 11.2. The zero-order valence-corrected chi connectivity index (χ0v) is 23.7. The fraction of sp³-hybridized carbons (Fsp3) is 0.400. The van der Waals surface area contributed by atoms with Gasteiger partial charge in [-0.3, -0.25) is 4.79 Å². The first-order valence-electron chi connectivity index (χ1n) is 13.0. The van der Waals surface area contributed by atoms with E-state index in [9.17, 15) is 10.1 Å². The number of rotatable bonds is 7. The number of anilines is 1. The van der Waals surface area contributed by atoms with E-state index in [1.165, 1.54) is 0 Å². The number of hydrogen-bond acceptors (Lipinski definition) is 4. The first kappa shape index (κ1) is 26.7. The Balaban J connectivity index is 1.49. The molecule has 7 heteroatoms. The number of amides is 1. The Morgan fingerprint density at radius 2 is 1.70 bits per heavy atom. The fourth-order valence-electron chi connectivity index (χ4n) is 4.39. The Hall–Kier alpha value is -3.34. The van der Waals surface area contributed by atoms with Crippen LogP contribution in [0.15, 0.2) is 67.0 Å². The van der Waals surface area contributed by atoms with Crippen molar-refractivity contribution in [3.8, 4) is 17.2 Å². The van der Waals surface area contributed by atoms with Crippen LogP contribution < -0.4 is 4.90 Å². The zero-order chi connectivity index (χ0) is 26.6. The molecule has 2 heterocycles. The Morgan fingerprint density at radius 3 is 2.35 bits per heavy atom. The molecule has 6 nitrogen and oxygen atoms in total. The van der Waals surface area contributed by atoms with Gasteiger partial charge in [-0.05, 0) is 41.9 Å². The van der Waals surface area contributed by atoms with Crippen LogP contribution in [0.2, 0.25) is 18.1 Å². The highest BCUT2D eigenvalue weighted by atomic mass is 28.4. The summed E-state index contributed by atoms with van der Waals surface area (Å²) >= 11 is 0. The van der Waals surface area contributed by atoms with E-state index in [0.717, 1.165) is 35.5 Å². The molecule has 0 aliphatic carbocycles. The van der Waals surface area contributed by atoms with E-state index in [2.05, 4.69) is 67.7 Å². The van der Waals surface area contributed by atoms with Crippen molar-refractivity contribution < 1.29 is 9.22 Å². The summed E-state index contributed by atoms with van der Waals surface area (Å²) in [5.41, 5.74) is 4.42. The maximum Gasteiger partial charge on any atom is 0.256 e. The van der Waals surface area contributed by atoms with Crippen LogP contribution in [-0.2, 0) is 11.0 Å². The molecule has 1 aliphatic rings. The number of nitriles is 1. The van der Waals surface area contributed by atoms with Crippen LogP contribution in [0.4, 0.5) is 5.69 Å². The third-order valence-electron chi connectivity index (χ3n) is 7.72. The van der Waals surface area contributed by atoms with Crippen molar-refractivity contribution in [3.05, 3.63) is 78.1 Å². The molecule has 2 aromatic carbocycles. The topological polar surface area (TPSA) is 61.5 Å². The number of carbonyl (C=O) groups is 1. The molecular formula is C30H38N4O2Si. The minimum absolute atomic E-state index is 0.0633. The number of aromatic nitrogens is 1. The molecule has 0 atom stereocenters. The molecule has 3 aromatic rings. The maximum atomic E-state index is 13.7. The van der Waals surface area contributed by atoms with Gasteiger partial charge in [0.05, 0.1) is 23.8 Å². The van der Waals surface area contributed by atoms with Crippen molar-refractivity contribution in [2.24, 2.45) is 0 Å². The highest BCUT2D eigenvalue weighted by Gasteiger charge is 2.37. The molecule has 0 bridgehead atoms. The van der Waals surface area contributed by atoms with E-state index in [-0.39, 0.29) is 10.9 Å². The Bertz CT molecular complexity index is 1260. The standard InChI is InChI=1S/C30H38N4O2Si/c1-30(2,3)37(4,5)36-19-18-32-22-27(25-11-7-6-8-12-25)28(23-32)29(35)34-16-14-33(15-17-34)26-13-9-10-24(20-26)21-31/h6-13,20,22-23H,14-19H2,1-5H3. The van der Waals surface area contributed by atoms with Gasteiger partial charge in [0.1, 0.15) is 0 Å². The van der Waals surface area contributed by atoms with Crippen LogP contribution in [-0.4, -0.2) is 56.5 Å². The maximum absolute atomic E-state index is 13.7. The molecule has 1 saturated heterocycles. The summed E-state index contributed by atoms with van der Waals surface area (Å²) < 4.78 is 8.50. The number of piperazine rings is 1. The lowest BCUT2D eigenvalue weighted by Crippen LogP contribution is -2.48. The van der Waals surface area contributed by atoms with Crippen LogP contribution in [0.1, 0.15) is 36.7 Å². The minimum atomic E-state index is -1.83. The van der Waals surface area contributed by atoms with Crippen LogP contribution >= 0.6 is 0 Å². The monoisotopic (exact) mass is 514 g/mol. The molecule has 0 spiro atoms. The molecule has 4 rings (SSSR count). The predicted octanol–water partition coefficient (Wildman–Crippen LogP) is 6.01. The zero-order valence-electron chi connectivity index (χ0n) is 22.7. The van der Waals surface area contributed by atoms with Gasteiger partial charge in [0.15, 0.2) is 8.32 Å². The molecular weight excluding hydrogens is 476 g/mol. The number of nitrogens with zero attached hydrogens (tertiary/aromatic N) is 4. The normalized spacial score (nSPS) is 14.5. The molecule has 37 heavy (non-hydrogen) atoms.